The summed E-state index contributed by atoms with van der Waals surface area (Å²) in [5.74, 6) is -0.968. The Balaban J connectivity index is 2.15. The molecule has 1 aliphatic rings. The molecule has 5 nitrogen and oxygen atoms in total. The molecule has 1 fully saturated rings. The summed E-state index contributed by atoms with van der Waals surface area (Å²) in [6, 6.07) is 7.55. The van der Waals surface area contributed by atoms with Crippen LogP contribution in [-0.2, 0) is 0 Å². The lowest BCUT2D eigenvalue weighted by atomic mass is 10.0. The molecule has 5 heteroatoms. The van der Waals surface area contributed by atoms with Crippen molar-refractivity contribution in [3.63, 3.8) is 0 Å². The second-order valence-electron chi connectivity index (χ2n) is 5.06. The number of rotatable bonds is 2. The molecule has 1 aromatic carbocycles. The van der Waals surface area contributed by atoms with E-state index in [0.717, 1.165) is 16.6 Å². The molecule has 0 radical (unpaired) electrons. The number of carbonyl (C=O) groups is 1. The number of piperidine rings is 1. The molecule has 0 spiro atoms. The first kappa shape index (κ1) is 12.9. The SMILES string of the molecule is O=C(O)c1cnc2ccccc2c1N1CCC(O)CC1. The number of carboxylic acid groups (broad SMARTS) is 1. The van der Waals surface area contributed by atoms with E-state index in [4.69, 9.17) is 0 Å². The number of nitrogens with zero attached hydrogens (tertiary/aromatic N) is 2. The maximum Gasteiger partial charge on any atom is 0.339 e. The van der Waals surface area contributed by atoms with Gasteiger partial charge in [0.1, 0.15) is 5.56 Å². The fraction of sp³-hybridized carbons (Fsp3) is 0.333. The predicted molar refractivity (Wildman–Crippen MR) is 76.2 cm³/mol. The van der Waals surface area contributed by atoms with Crippen molar-refractivity contribution in [3.8, 4) is 0 Å². The van der Waals surface area contributed by atoms with E-state index in [1.165, 1.54) is 6.20 Å². The summed E-state index contributed by atoms with van der Waals surface area (Å²) < 4.78 is 0. The van der Waals surface area contributed by atoms with Gasteiger partial charge in [0.15, 0.2) is 0 Å². The van der Waals surface area contributed by atoms with Gasteiger partial charge in [-0.15, -0.1) is 0 Å². The molecule has 2 N–H and O–H groups in total. The molecule has 0 bridgehead atoms. The molecule has 2 heterocycles. The number of para-hydroxylation sites is 1. The zero-order valence-corrected chi connectivity index (χ0v) is 11.0. The van der Waals surface area contributed by atoms with Crippen LogP contribution in [0, 0.1) is 0 Å². The van der Waals surface area contributed by atoms with Crippen molar-refractivity contribution in [2.45, 2.75) is 18.9 Å². The van der Waals surface area contributed by atoms with E-state index in [1.807, 2.05) is 29.2 Å². The molecule has 0 saturated carbocycles. The molecule has 0 amide bonds. The molecule has 1 aromatic heterocycles. The van der Waals surface area contributed by atoms with Gasteiger partial charge in [-0.25, -0.2) is 4.79 Å². The molecule has 1 saturated heterocycles. The standard InChI is InChI=1S/C15H16N2O3/c18-10-5-7-17(8-6-10)14-11-3-1-2-4-13(11)16-9-12(14)15(19)20/h1-4,9-10,18H,5-8H2,(H,19,20). The third-order valence-corrected chi connectivity index (χ3v) is 3.76. The van der Waals surface area contributed by atoms with Gasteiger partial charge in [0.2, 0.25) is 0 Å². The number of carboxylic acids is 1. The Kier molecular flexibility index (Phi) is 3.28. The summed E-state index contributed by atoms with van der Waals surface area (Å²) in [6.07, 6.45) is 2.46. The molecule has 1 aliphatic heterocycles. The van der Waals surface area contributed by atoms with Gasteiger partial charge in [0.25, 0.3) is 0 Å². The maximum atomic E-state index is 11.5. The summed E-state index contributed by atoms with van der Waals surface area (Å²) in [5.41, 5.74) is 1.73. The van der Waals surface area contributed by atoms with Crippen LogP contribution < -0.4 is 4.90 Å². The highest BCUT2D eigenvalue weighted by atomic mass is 16.4. The average molecular weight is 272 g/mol. The van der Waals surface area contributed by atoms with E-state index in [0.29, 0.717) is 25.9 Å². The number of aromatic carboxylic acids is 1. The fourth-order valence-corrected chi connectivity index (χ4v) is 2.71. The second kappa shape index (κ2) is 5.09. The summed E-state index contributed by atoms with van der Waals surface area (Å²) in [4.78, 5) is 17.7. The molecule has 2 aromatic rings. The Morgan fingerprint density at radius 1 is 1.25 bits per heavy atom. The topological polar surface area (TPSA) is 73.7 Å². The summed E-state index contributed by atoms with van der Waals surface area (Å²) >= 11 is 0. The number of aromatic nitrogens is 1. The lowest BCUT2D eigenvalue weighted by Crippen LogP contribution is -2.36. The lowest BCUT2D eigenvalue weighted by Gasteiger charge is -2.33. The van der Waals surface area contributed by atoms with E-state index < -0.39 is 5.97 Å². The van der Waals surface area contributed by atoms with Gasteiger partial charge in [-0.3, -0.25) is 4.98 Å². The monoisotopic (exact) mass is 272 g/mol. The van der Waals surface area contributed by atoms with Crippen molar-refractivity contribution in [2.75, 3.05) is 18.0 Å². The highest BCUT2D eigenvalue weighted by Gasteiger charge is 2.23. The molecule has 3 rings (SSSR count). The van der Waals surface area contributed by atoms with Gasteiger partial charge in [-0.05, 0) is 18.9 Å². The van der Waals surface area contributed by atoms with Crippen LogP contribution in [0.15, 0.2) is 30.5 Å². The van der Waals surface area contributed by atoms with E-state index >= 15 is 0 Å². The summed E-state index contributed by atoms with van der Waals surface area (Å²) in [5, 5.41) is 19.9. The zero-order valence-electron chi connectivity index (χ0n) is 11.0. The van der Waals surface area contributed by atoms with Crippen LogP contribution in [0.25, 0.3) is 10.9 Å². The maximum absolute atomic E-state index is 11.5. The number of benzene rings is 1. The lowest BCUT2D eigenvalue weighted by molar-refractivity contribution is 0.0697. The van der Waals surface area contributed by atoms with Crippen molar-refractivity contribution in [1.29, 1.82) is 0 Å². The van der Waals surface area contributed by atoms with Crippen molar-refractivity contribution in [3.05, 3.63) is 36.0 Å². The van der Waals surface area contributed by atoms with Gasteiger partial charge in [-0.1, -0.05) is 18.2 Å². The Hall–Kier alpha value is -2.14. The Morgan fingerprint density at radius 2 is 1.95 bits per heavy atom. The first-order valence-electron chi connectivity index (χ1n) is 6.71. The number of anilines is 1. The van der Waals surface area contributed by atoms with Crippen LogP contribution in [0.3, 0.4) is 0 Å². The van der Waals surface area contributed by atoms with Gasteiger partial charge < -0.3 is 15.1 Å². The van der Waals surface area contributed by atoms with Crippen LogP contribution >= 0.6 is 0 Å². The molecular weight excluding hydrogens is 256 g/mol. The minimum atomic E-state index is -0.968. The van der Waals surface area contributed by atoms with Crippen molar-refractivity contribution < 1.29 is 15.0 Å². The third kappa shape index (κ3) is 2.20. The van der Waals surface area contributed by atoms with Gasteiger partial charge in [-0.2, -0.15) is 0 Å². The number of fused-ring (bicyclic) bond motifs is 1. The second-order valence-corrected chi connectivity index (χ2v) is 5.06. The molecule has 0 unspecified atom stereocenters. The number of hydrogen-bond acceptors (Lipinski definition) is 4. The highest BCUT2D eigenvalue weighted by Crippen LogP contribution is 2.31. The molecular formula is C15H16N2O3. The molecule has 0 atom stereocenters. The largest absolute Gasteiger partial charge is 0.478 e. The van der Waals surface area contributed by atoms with E-state index in [-0.39, 0.29) is 11.7 Å². The zero-order chi connectivity index (χ0) is 14.1. The minimum absolute atomic E-state index is 0.222. The summed E-state index contributed by atoms with van der Waals surface area (Å²) in [7, 11) is 0. The normalized spacial score (nSPS) is 16.6. The first-order chi connectivity index (χ1) is 9.66. The van der Waals surface area contributed by atoms with Crippen LogP contribution in [0.2, 0.25) is 0 Å². The van der Waals surface area contributed by atoms with E-state index in [1.54, 1.807) is 0 Å². The third-order valence-electron chi connectivity index (χ3n) is 3.76. The van der Waals surface area contributed by atoms with Crippen molar-refractivity contribution in [1.82, 2.24) is 4.98 Å². The average Bonchev–Trinajstić information content (AvgIpc) is 2.47. The predicted octanol–water partition coefficient (Wildman–Crippen LogP) is 1.89. The molecule has 20 heavy (non-hydrogen) atoms. The Bertz CT molecular complexity index is 649. The Morgan fingerprint density at radius 3 is 2.65 bits per heavy atom. The fourth-order valence-electron chi connectivity index (χ4n) is 2.71. The van der Waals surface area contributed by atoms with Gasteiger partial charge >= 0.3 is 5.97 Å². The van der Waals surface area contributed by atoms with Crippen LogP contribution in [0.1, 0.15) is 23.2 Å². The highest BCUT2D eigenvalue weighted by molar-refractivity contribution is 6.04. The smallest absolute Gasteiger partial charge is 0.339 e. The van der Waals surface area contributed by atoms with Crippen LogP contribution in [0.5, 0.6) is 0 Å². The number of hydrogen-bond donors (Lipinski definition) is 2. The number of aliphatic hydroxyl groups is 1. The molecule has 104 valence electrons. The van der Waals surface area contributed by atoms with Crippen molar-refractivity contribution in [2.24, 2.45) is 0 Å². The van der Waals surface area contributed by atoms with Crippen LogP contribution in [-0.4, -0.2) is 40.4 Å². The minimum Gasteiger partial charge on any atom is -0.478 e. The quantitative estimate of drug-likeness (QED) is 0.873. The van der Waals surface area contributed by atoms with E-state index in [2.05, 4.69) is 4.98 Å². The number of aliphatic hydroxyl groups excluding tert-OH is 1. The Labute approximate surface area is 116 Å². The van der Waals surface area contributed by atoms with Crippen molar-refractivity contribution >= 4 is 22.6 Å². The molecule has 0 aliphatic carbocycles. The van der Waals surface area contributed by atoms with Gasteiger partial charge in [0.05, 0.1) is 17.3 Å². The number of pyridine rings is 1. The van der Waals surface area contributed by atoms with E-state index in [9.17, 15) is 15.0 Å². The first-order valence-corrected chi connectivity index (χ1v) is 6.71. The van der Waals surface area contributed by atoms with Gasteiger partial charge in [0, 0.05) is 24.7 Å². The summed E-state index contributed by atoms with van der Waals surface area (Å²) in [6.45, 7) is 1.32. The van der Waals surface area contributed by atoms with Crippen LogP contribution in [0.4, 0.5) is 5.69 Å².